The smallest absolute Gasteiger partial charge is 0.303 e. The van der Waals surface area contributed by atoms with Gasteiger partial charge in [0.1, 0.15) is 0 Å². The Kier molecular flexibility index (Phi) is 5.65. The molecule has 1 fully saturated rings. The van der Waals surface area contributed by atoms with Crippen LogP contribution < -0.4 is 0 Å². The second-order valence-electron chi connectivity index (χ2n) is 4.34. The molecule has 1 N–H and O–H groups in total. The molecule has 1 aliphatic rings. The van der Waals surface area contributed by atoms with E-state index in [4.69, 9.17) is 9.84 Å². The van der Waals surface area contributed by atoms with Crippen LogP contribution in [0.15, 0.2) is 0 Å². The van der Waals surface area contributed by atoms with Crippen molar-refractivity contribution in [2.45, 2.75) is 25.7 Å². The molecule has 1 atom stereocenters. The van der Waals surface area contributed by atoms with E-state index in [0.29, 0.717) is 5.92 Å². The summed E-state index contributed by atoms with van der Waals surface area (Å²) in [5, 5.41) is 8.51. The standard InChI is InChI=1S/C11H21NO3/c1-12(6-2-5-11(13)14)8-10-4-3-7-15-9-10/h10H,2-9H2,1H3,(H,13,14). The minimum Gasteiger partial charge on any atom is -0.481 e. The highest BCUT2D eigenvalue weighted by molar-refractivity contribution is 5.66. The molecule has 4 nitrogen and oxygen atoms in total. The average Bonchev–Trinajstić information content (AvgIpc) is 2.18. The summed E-state index contributed by atoms with van der Waals surface area (Å²) in [5.74, 6) is -0.0713. The second kappa shape index (κ2) is 6.80. The number of hydrogen-bond acceptors (Lipinski definition) is 3. The lowest BCUT2D eigenvalue weighted by Crippen LogP contribution is -2.31. The fourth-order valence-corrected chi connectivity index (χ4v) is 1.98. The van der Waals surface area contributed by atoms with Gasteiger partial charge < -0.3 is 14.7 Å². The van der Waals surface area contributed by atoms with Crippen molar-refractivity contribution < 1.29 is 14.6 Å². The Bertz CT molecular complexity index is 190. The maximum absolute atomic E-state index is 10.3. The first-order valence-electron chi connectivity index (χ1n) is 5.66. The Morgan fingerprint density at radius 1 is 1.60 bits per heavy atom. The summed E-state index contributed by atoms with van der Waals surface area (Å²) in [6.07, 6.45) is 3.40. The van der Waals surface area contributed by atoms with Gasteiger partial charge in [-0.2, -0.15) is 0 Å². The largest absolute Gasteiger partial charge is 0.481 e. The predicted octanol–water partition coefficient (Wildman–Crippen LogP) is 1.21. The molecular weight excluding hydrogens is 194 g/mol. The highest BCUT2D eigenvalue weighted by Crippen LogP contribution is 2.14. The van der Waals surface area contributed by atoms with E-state index in [1.165, 1.54) is 6.42 Å². The normalized spacial score (nSPS) is 21.9. The maximum Gasteiger partial charge on any atom is 0.303 e. The Balaban J connectivity index is 2.06. The molecule has 0 saturated carbocycles. The minimum atomic E-state index is -0.704. The Morgan fingerprint density at radius 2 is 2.40 bits per heavy atom. The van der Waals surface area contributed by atoms with E-state index in [9.17, 15) is 4.79 Å². The Labute approximate surface area is 91.2 Å². The fraction of sp³-hybridized carbons (Fsp3) is 0.909. The monoisotopic (exact) mass is 215 g/mol. The molecule has 1 saturated heterocycles. The molecule has 15 heavy (non-hydrogen) atoms. The van der Waals surface area contributed by atoms with Crippen molar-refractivity contribution in [1.29, 1.82) is 0 Å². The molecule has 1 heterocycles. The van der Waals surface area contributed by atoms with Crippen LogP contribution in [0.2, 0.25) is 0 Å². The zero-order chi connectivity index (χ0) is 11.1. The lowest BCUT2D eigenvalue weighted by atomic mass is 10.0. The van der Waals surface area contributed by atoms with Gasteiger partial charge in [-0.05, 0) is 38.8 Å². The van der Waals surface area contributed by atoms with Gasteiger partial charge in [-0.25, -0.2) is 0 Å². The van der Waals surface area contributed by atoms with Crippen LogP contribution >= 0.6 is 0 Å². The summed E-state index contributed by atoms with van der Waals surface area (Å²) < 4.78 is 5.40. The van der Waals surface area contributed by atoms with Gasteiger partial charge >= 0.3 is 5.97 Å². The summed E-state index contributed by atoms with van der Waals surface area (Å²) in [7, 11) is 2.05. The number of aliphatic carboxylic acids is 1. The number of hydrogen-bond donors (Lipinski definition) is 1. The van der Waals surface area contributed by atoms with E-state index in [1.807, 2.05) is 0 Å². The summed E-state index contributed by atoms with van der Waals surface area (Å²) in [5.41, 5.74) is 0. The van der Waals surface area contributed by atoms with Crippen LogP contribution in [-0.2, 0) is 9.53 Å². The number of rotatable bonds is 6. The SMILES string of the molecule is CN(CCCC(=O)O)CC1CCCOC1. The third-order valence-corrected chi connectivity index (χ3v) is 2.75. The van der Waals surface area contributed by atoms with Crippen LogP contribution in [0.25, 0.3) is 0 Å². The molecular formula is C11H21NO3. The molecule has 4 heteroatoms. The summed E-state index contributed by atoms with van der Waals surface area (Å²) >= 11 is 0. The first-order chi connectivity index (χ1) is 7.18. The van der Waals surface area contributed by atoms with E-state index in [1.54, 1.807) is 0 Å². The highest BCUT2D eigenvalue weighted by Gasteiger charge is 2.15. The number of carbonyl (C=O) groups is 1. The molecule has 0 spiro atoms. The van der Waals surface area contributed by atoms with Crippen molar-refractivity contribution in [1.82, 2.24) is 4.90 Å². The van der Waals surface area contributed by atoms with Gasteiger partial charge in [-0.15, -0.1) is 0 Å². The lowest BCUT2D eigenvalue weighted by Gasteiger charge is -2.26. The van der Waals surface area contributed by atoms with Crippen LogP contribution in [-0.4, -0.2) is 49.3 Å². The van der Waals surface area contributed by atoms with Crippen molar-refractivity contribution in [2.24, 2.45) is 5.92 Å². The number of ether oxygens (including phenoxy) is 1. The van der Waals surface area contributed by atoms with Crippen LogP contribution in [0, 0.1) is 5.92 Å². The minimum absolute atomic E-state index is 0.269. The van der Waals surface area contributed by atoms with Gasteiger partial charge in [0, 0.05) is 19.6 Å². The van der Waals surface area contributed by atoms with Crippen molar-refractivity contribution in [2.75, 3.05) is 33.4 Å². The quantitative estimate of drug-likeness (QED) is 0.723. The molecule has 0 aromatic carbocycles. The van der Waals surface area contributed by atoms with Crippen LogP contribution in [0.3, 0.4) is 0 Å². The molecule has 0 amide bonds. The number of carboxylic acids is 1. The first kappa shape index (κ1) is 12.5. The van der Waals surface area contributed by atoms with Gasteiger partial charge in [-0.3, -0.25) is 4.79 Å². The van der Waals surface area contributed by atoms with Crippen LogP contribution in [0.4, 0.5) is 0 Å². The zero-order valence-corrected chi connectivity index (χ0v) is 9.45. The third kappa shape index (κ3) is 5.74. The summed E-state index contributed by atoms with van der Waals surface area (Å²) in [6.45, 7) is 3.66. The van der Waals surface area contributed by atoms with Crippen molar-refractivity contribution >= 4 is 5.97 Å². The Morgan fingerprint density at radius 3 is 3.00 bits per heavy atom. The van der Waals surface area contributed by atoms with E-state index >= 15 is 0 Å². The van der Waals surface area contributed by atoms with E-state index in [0.717, 1.165) is 39.1 Å². The molecule has 0 aromatic rings. The molecule has 88 valence electrons. The van der Waals surface area contributed by atoms with Crippen molar-refractivity contribution in [3.05, 3.63) is 0 Å². The van der Waals surface area contributed by atoms with Gasteiger partial charge in [0.25, 0.3) is 0 Å². The van der Waals surface area contributed by atoms with Gasteiger partial charge in [-0.1, -0.05) is 0 Å². The van der Waals surface area contributed by atoms with Gasteiger partial charge in [0.15, 0.2) is 0 Å². The molecule has 1 unspecified atom stereocenters. The third-order valence-electron chi connectivity index (χ3n) is 2.75. The molecule has 0 bridgehead atoms. The van der Waals surface area contributed by atoms with Gasteiger partial charge in [0.05, 0.1) is 6.61 Å². The van der Waals surface area contributed by atoms with E-state index in [-0.39, 0.29) is 6.42 Å². The zero-order valence-electron chi connectivity index (χ0n) is 9.45. The van der Waals surface area contributed by atoms with E-state index in [2.05, 4.69) is 11.9 Å². The van der Waals surface area contributed by atoms with Crippen molar-refractivity contribution in [3.63, 3.8) is 0 Å². The first-order valence-corrected chi connectivity index (χ1v) is 5.66. The average molecular weight is 215 g/mol. The van der Waals surface area contributed by atoms with Crippen molar-refractivity contribution in [3.8, 4) is 0 Å². The fourth-order valence-electron chi connectivity index (χ4n) is 1.98. The lowest BCUT2D eigenvalue weighted by molar-refractivity contribution is -0.137. The summed E-state index contributed by atoms with van der Waals surface area (Å²) in [6, 6.07) is 0. The molecule has 1 rings (SSSR count). The molecule has 0 radical (unpaired) electrons. The Hall–Kier alpha value is -0.610. The molecule has 0 aliphatic carbocycles. The number of carboxylic acid groups (broad SMARTS) is 1. The molecule has 1 aliphatic heterocycles. The molecule has 0 aromatic heterocycles. The summed E-state index contributed by atoms with van der Waals surface area (Å²) in [4.78, 5) is 12.5. The maximum atomic E-state index is 10.3. The van der Waals surface area contributed by atoms with Crippen LogP contribution in [0.5, 0.6) is 0 Å². The highest BCUT2D eigenvalue weighted by atomic mass is 16.5. The predicted molar refractivity (Wildman–Crippen MR) is 57.9 cm³/mol. The number of nitrogens with zero attached hydrogens (tertiary/aromatic N) is 1. The van der Waals surface area contributed by atoms with Crippen LogP contribution in [0.1, 0.15) is 25.7 Å². The topological polar surface area (TPSA) is 49.8 Å². The van der Waals surface area contributed by atoms with Gasteiger partial charge in [0.2, 0.25) is 0 Å². The second-order valence-corrected chi connectivity index (χ2v) is 4.34. The van der Waals surface area contributed by atoms with E-state index < -0.39 is 5.97 Å².